The summed E-state index contributed by atoms with van der Waals surface area (Å²) in [5.41, 5.74) is 1.15. The van der Waals surface area contributed by atoms with Crippen molar-refractivity contribution in [2.24, 2.45) is 5.92 Å². The van der Waals surface area contributed by atoms with Gasteiger partial charge in [0, 0.05) is 19.3 Å². The van der Waals surface area contributed by atoms with Crippen LogP contribution in [0.4, 0.5) is 5.82 Å². The third kappa shape index (κ3) is 5.28. The number of hydrogen-bond donors (Lipinski definition) is 1. The van der Waals surface area contributed by atoms with Crippen LogP contribution in [0.5, 0.6) is 0 Å². The van der Waals surface area contributed by atoms with E-state index in [1.807, 2.05) is 19.1 Å². The Balaban J connectivity index is 2.76. The molecule has 1 atom stereocenters. The second-order valence-corrected chi connectivity index (χ2v) is 5.08. The fourth-order valence-corrected chi connectivity index (χ4v) is 1.95. The molecule has 4 nitrogen and oxygen atoms in total. The number of carboxylic acids is 1. The first-order chi connectivity index (χ1) is 9.04. The number of aromatic nitrogens is 1. The second kappa shape index (κ2) is 7.77. The number of unbranched alkanes of at least 4 members (excludes halogenated alkanes) is 2. The van der Waals surface area contributed by atoms with Crippen molar-refractivity contribution < 1.29 is 9.90 Å². The Labute approximate surface area is 115 Å². The highest BCUT2D eigenvalue weighted by molar-refractivity contribution is 5.70. The summed E-state index contributed by atoms with van der Waals surface area (Å²) in [4.78, 5) is 17.5. The van der Waals surface area contributed by atoms with Crippen molar-refractivity contribution in [2.45, 2.75) is 40.0 Å². The zero-order valence-corrected chi connectivity index (χ0v) is 12.1. The molecule has 0 spiro atoms. The number of carboxylic acid groups (broad SMARTS) is 1. The molecule has 0 aliphatic carbocycles. The summed E-state index contributed by atoms with van der Waals surface area (Å²) in [6.07, 6.45) is 5.16. The number of nitrogens with zero attached hydrogens (tertiary/aromatic N) is 2. The lowest BCUT2D eigenvalue weighted by Gasteiger charge is -2.25. The predicted molar refractivity (Wildman–Crippen MR) is 77.5 cm³/mol. The highest BCUT2D eigenvalue weighted by Gasteiger charge is 2.17. The van der Waals surface area contributed by atoms with Crippen LogP contribution < -0.4 is 4.90 Å². The van der Waals surface area contributed by atoms with Crippen LogP contribution in [0.2, 0.25) is 0 Å². The molecule has 1 aromatic rings. The first kappa shape index (κ1) is 15.5. The van der Waals surface area contributed by atoms with Gasteiger partial charge in [-0.05, 0) is 31.0 Å². The van der Waals surface area contributed by atoms with Gasteiger partial charge in [0.15, 0.2) is 0 Å². The molecule has 1 unspecified atom stereocenters. The van der Waals surface area contributed by atoms with Crippen LogP contribution in [0.25, 0.3) is 0 Å². The molecular weight excluding hydrogens is 240 g/mol. The molecule has 1 heterocycles. The molecule has 0 fully saturated rings. The molecule has 0 bridgehead atoms. The number of rotatable bonds is 8. The van der Waals surface area contributed by atoms with Gasteiger partial charge >= 0.3 is 5.97 Å². The third-order valence-corrected chi connectivity index (χ3v) is 3.17. The van der Waals surface area contributed by atoms with Crippen LogP contribution in [0.3, 0.4) is 0 Å². The van der Waals surface area contributed by atoms with Gasteiger partial charge in [-0.1, -0.05) is 26.7 Å². The maximum atomic E-state index is 11.0. The van der Waals surface area contributed by atoms with E-state index in [1.54, 1.807) is 13.1 Å². The number of hydrogen-bond acceptors (Lipinski definition) is 3. The SMILES string of the molecule is CCCCCN(CC(C)C(=O)O)c1cc(C)ccn1. The van der Waals surface area contributed by atoms with Gasteiger partial charge in [-0.3, -0.25) is 4.79 Å². The molecule has 0 aliphatic heterocycles. The molecule has 0 aromatic carbocycles. The van der Waals surface area contributed by atoms with E-state index in [0.717, 1.165) is 37.2 Å². The fraction of sp³-hybridized carbons (Fsp3) is 0.600. The molecule has 1 rings (SSSR count). The third-order valence-electron chi connectivity index (χ3n) is 3.17. The second-order valence-electron chi connectivity index (χ2n) is 5.08. The molecule has 4 heteroatoms. The van der Waals surface area contributed by atoms with Crippen LogP contribution in [0.1, 0.15) is 38.7 Å². The van der Waals surface area contributed by atoms with E-state index in [9.17, 15) is 4.79 Å². The summed E-state index contributed by atoms with van der Waals surface area (Å²) in [6.45, 7) is 7.30. The van der Waals surface area contributed by atoms with E-state index in [-0.39, 0.29) is 5.92 Å². The minimum Gasteiger partial charge on any atom is -0.481 e. The van der Waals surface area contributed by atoms with Crippen LogP contribution in [0, 0.1) is 12.8 Å². The minimum atomic E-state index is -0.756. The summed E-state index contributed by atoms with van der Waals surface area (Å²) in [5.74, 6) is -0.263. The highest BCUT2D eigenvalue weighted by Crippen LogP contribution is 2.15. The molecule has 0 saturated heterocycles. The zero-order valence-electron chi connectivity index (χ0n) is 12.1. The molecule has 1 aromatic heterocycles. The summed E-state index contributed by atoms with van der Waals surface area (Å²) in [7, 11) is 0. The van der Waals surface area contributed by atoms with E-state index in [0.29, 0.717) is 6.54 Å². The summed E-state index contributed by atoms with van der Waals surface area (Å²) >= 11 is 0. The predicted octanol–water partition coefficient (Wildman–Crippen LogP) is 3.11. The molecule has 0 aliphatic rings. The first-order valence-electron chi connectivity index (χ1n) is 6.95. The Morgan fingerprint density at radius 1 is 1.47 bits per heavy atom. The van der Waals surface area contributed by atoms with Crippen molar-refractivity contribution in [3.05, 3.63) is 23.9 Å². The van der Waals surface area contributed by atoms with E-state index in [4.69, 9.17) is 5.11 Å². The van der Waals surface area contributed by atoms with Crippen LogP contribution in [-0.2, 0) is 4.79 Å². The Kier molecular flexibility index (Phi) is 6.33. The van der Waals surface area contributed by atoms with E-state index >= 15 is 0 Å². The number of aliphatic carboxylic acids is 1. The van der Waals surface area contributed by atoms with Gasteiger partial charge in [0.25, 0.3) is 0 Å². The average molecular weight is 264 g/mol. The summed E-state index contributed by atoms with van der Waals surface area (Å²) in [5, 5.41) is 9.06. The first-order valence-corrected chi connectivity index (χ1v) is 6.95. The molecule has 19 heavy (non-hydrogen) atoms. The monoisotopic (exact) mass is 264 g/mol. The fourth-order valence-electron chi connectivity index (χ4n) is 1.95. The lowest BCUT2D eigenvalue weighted by atomic mass is 10.1. The number of carbonyl (C=O) groups is 1. The van der Waals surface area contributed by atoms with Gasteiger partial charge in [0.1, 0.15) is 5.82 Å². The molecule has 0 amide bonds. The van der Waals surface area contributed by atoms with Gasteiger partial charge in [-0.15, -0.1) is 0 Å². The Morgan fingerprint density at radius 2 is 2.21 bits per heavy atom. The highest BCUT2D eigenvalue weighted by atomic mass is 16.4. The minimum absolute atomic E-state index is 0.385. The normalized spacial score (nSPS) is 12.2. The van der Waals surface area contributed by atoms with Gasteiger partial charge in [0.05, 0.1) is 5.92 Å². The Bertz CT molecular complexity index is 407. The molecule has 1 N–H and O–H groups in total. The zero-order chi connectivity index (χ0) is 14.3. The quantitative estimate of drug-likeness (QED) is 0.733. The van der Waals surface area contributed by atoms with E-state index in [2.05, 4.69) is 16.8 Å². The average Bonchev–Trinajstić information content (AvgIpc) is 2.37. The van der Waals surface area contributed by atoms with Crippen molar-refractivity contribution in [1.29, 1.82) is 0 Å². The van der Waals surface area contributed by atoms with E-state index in [1.165, 1.54) is 0 Å². The largest absolute Gasteiger partial charge is 0.481 e. The van der Waals surface area contributed by atoms with Gasteiger partial charge in [-0.25, -0.2) is 4.98 Å². The number of pyridine rings is 1. The number of anilines is 1. The van der Waals surface area contributed by atoms with Crippen molar-refractivity contribution in [1.82, 2.24) is 4.98 Å². The lowest BCUT2D eigenvalue weighted by Crippen LogP contribution is -2.33. The summed E-state index contributed by atoms with van der Waals surface area (Å²) in [6, 6.07) is 3.97. The Hall–Kier alpha value is -1.58. The smallest absolute Gasteiger partial charge is 0.308 e. The molecular formula is C15H24N2O2. The molecule has 106 valence electrons. The number of aryl methyl sites for hydroxylation is 1. The van der Waals surface area contributed by atoms with Crippen LogP contribution >= 0.6 is 0 Å². The maximum absolute atomic E-state index is 11.0. The van der Waals surface area contributed by atoms with Gasteiger partial charge in [0.2, 0.25) is 0 Å². The van der Waals surface area contributed by atoms with Crippen LogP contribution in [0.15, 0.2) is 18.3 Å². The van der Waals surface area contributed by atoms with Gasteiger partial charge in [-0.2, -0.15) is 0 Å². The van der Waals surface area contributed by atoms with Crippen molar-refractivity contribution in [3.63, 3.8) is 0 Å². The van der Waals surface area contributed by atoms with E-state index < -0.39 is 5.97 Å². The van der Waals surface area contributed by atoms with Gasteiger partial charge < -0.3 is 10.0 Å². The molecule has 0 radical (unpaired) electrons. The molecule has 0 saturated carbocycles. The standard InChI is InChI=1S/C15H24N2O2/c1-4-5-6-9-17(11-13(3)15(18)19)14-10-12(2)7-8-16-14/h7-8,10,13H,4-6,9,11H2,1-3H3,(H,18,19). The Morgan fingerprint density at radius 3 is 2.79 bits per heavy atom. The van der Waals surface area contributed by atoms with Crippen molar-refractivity contribution >= 4 is 11.8 Å². The van der Waals surface area contributed by atoms with Crippen LogP contribution in [-0.4, -0.2) is 29.1 Å². The summed E-state index contributed by atoms with van der Waals surface area (Å²) < 4.78 is 0. The lowest BCUT2D eigenvalue weighted by molar-refractivity contribution is -0.140. The maximum Gasteiger partial charge on any atom is 0.308 e. The van der Waals surface area contributed by atoms with Crippen molar-refractivity contribution in [2.75, 3.05) is 18.0 Å². The van der Waals surface area contributed by atoms with Crippen molar-refractivity contribution in [3.8, 4) is 0 Å². The topological polar surface area (TPSA) is 53.4 Å².